The number of aliphatic hydroxyl groups excluding tert-OH is 1. The lowest BCUT2D eigenvalue weighted by Gasteiger charge is -2.16. The first-order valence-corrected chi connectivity index (χ1v) is 7.69. The number of fused-ring (bicyclic) bond motifs is 1. The minimum Gasteiger partial charge on any atom is -0.493 e. The van der Waals surface area contributed by atoms with Crippen LogP contribution < -0.4 is 4.74 Å². The minimum absolute atomic E-state index is 0.557. The molecule has 5 heteroatoms. The summed E-state index contributed by atoms with van der Waals surface area (Å²) in [6, 6.07) is 8.99. The average Bonchev–Trinajstić information content (AvgIpc) is 2.88. The van der Waals surface area contributed by atoms with Crippen LogP contribution in [-0.4, -0.2) is 11.7 Å². The zero-order valence-corrected chi connectivity index (χ0v) is 13.5. The highest BCUT2D eigenvalue weighted by atomic mass is 79.9. The van der Waals surface area contributed by atoms with Gasteiger partial charge in [0.1, 0.15) is 11.9 Å². The molecule has 0 bridgehead atoms. The van der Waals surface area contributed by atoms with Gasteiger partial charge in [0.25, 0.3) is 0 Å². The summed E-state index contributed by atoms with van der Waals surface area (Å²) in [5.41, 5.74) is 2.43. The van der Waals surface area contributed by atoms with Crippen molar-refractivity contribution in [1.82, 2.24) is 0 Å². The van der Waals surface area contributed by atoms with E-state index in [1.54, 1.807) is 12.1 Å². The largest absolute Gasteiger partial charge is 0.493 e. The summed E-state index contributed by atoms with van der Waals surface area (Å²) in [5, 5.41) is 11.7. The number of halogens is 3. The van der Waals surface area contributed by atoms with E-state index in [2.05, 4.69) is 15.9 Å². The summed E-state index contributed by atoms with van der Waals surface area (Å²) in [4.78, 5) is 0. The van der Waals surface area contributed by atoms with Gasteiger partial charge in [0.2, 0.25) is 0 Å². The van der Waals surface area contributed by atoms with Crippen molar-refractivity contribution in [3.05, 3.63) is 61.5 Å². The van der Waals surface area contributed by atoms with Gasteiger partial charge in [0.15, 0.2) is 0 Å². The van der Waals surface area contributed by atoms with E-state index >= 15 is 0 Å². The molecule has 0 spiro atoms. The molecule has 1 unspecified atom stereocenters. The summed E-state index contributed by atoms with van der Waals surface area (Å²) in [6.45, 7) is 0.622. The van der Waals surface area contributed by atoms with Crippen LogP contribution in [0, 0.1) is 0 Å². The number of benzene rings is 2. The van der Waals surface area contributed by atoms with Gasteiger partial charge in [-0.3, -0.25) is 0 Å². The highest BCUT2D eigenvalue weighted by molar-refractivity contribution is 9.10. The lowest BCUT2D eigenvalue weighted by Crippen LogP contribution is -2.02. The van der Waals surface area contributed by atoms with Crippen LogP contribution in [0.25, 0.3) is 0 Å². The van der Waals surface area contributed by atoms with Crippen LogP contribution in [0.2, 0.25) is 10.0 Å². The van der Waals surface area contributed by atoms with Gasteiger partial charge in [-0.25, -0.2) is 0 Å². The molecule has 0 saturated heterocycles. The molecule has 3 rings (SSSR count). The van der Waals surface area contributed by atoms with E-state index in [9.17, 15) is 5.11 Å². The average molecular weight is 374 g/mol. The van der Waals surface area contributed by atoms with Gasteiger partial charge in [-0.05, 0) is 51.3 Å². The molecule has 1 N–H and O–H groups in total. The van der Waals surface area contributed by atoms with E-state index in [4.69, 9.17) is 27.9 Å². The van der Waals surface area contributed by atoms with Crippen molar-refractivity contribution < 1.29 is 9.84 Å². The second-order valence-electron chi connectivity index (χ2n) is 4.66. The second-order valence-corrected chi connectivity index (χ2v) is 6.36. The zero-order chi connectivity index (χ0) is 14.3. The first-order chi connectivity index (χ1) is 9.56. The van der Waals surface area contributed by atoms with Gasteiger partial charge in [-0.15, -0.1) is 0 Å². The van der Waals surface area contributed by atoms with E-state index in [1.165, 1.54) is 0 Å². The van der Waals surface area contributed by atoms with Gasteiger partial charge in [0, 0.05) is 21.5 Å². The van der Waals surface area contributed by atoms with E-state index in [0.717, 1.165) is 22.2 Å². The lowest BCUT2D eigenvalue weighted by molar-refractivity contribution is 0.213. The highest BCUT2D eigenvalue weighted by Crippen LogP contribution is 2.39. The van der Waals surface area contributed by atoms with Crippen molar-refractivity contribution in [1.29, 1.82) is 0 Å². The molecule has 2 nitrogen and oxygen atoms in total. The van der Waals surface area contributed by atoms with Crippen LogP contribution in [0.1, 0.15) is 22.8 Å². The fourth-order valence-corrected chi connectivity index (χ4v) is 3.05. The van der Waals surface area contributed by atoms with Crippen molar-refractivity contribution in [3.63, 3.8) is 0 Å². The van der Waals surface area contributed by atoms with Gasteiger partial charge < -0.3 is 9.84 Å². The van der Waals surface area contributed by atoms with Crippen LogP contribution in [0.4, 0.5) is 0 Å². The Bertz CT molecular complexity index is 673. The fraction of sp³-hybridized carbons (Fsp3) is 0.200. The Morgan fingerprint density at radius 3 is 2.75 bits per heavy atom. The molecule has 0 aromatic heterocycles. The van der Waals surface area contributed by atoms with E-state index in [0.29, 0.717) is 27.8 Å². The Kier molecular flexibility index (Phi) is 3.95. The Labute approximate surface area is 135 Å². The molecule has 1 aliphatic heterocycles. The van der Waals surface area contributed by atoms with Crippen LogP contribution in [0.3, 0.4) is 0 Å². The molecule has 1 heterocycles. The molecular formula is C15H11BrCl2O2. The van der Waals surface area contributed by atoms with Gasteiger partial charge in [0.05, 0.1) is 11.6 Å². The smallest absolute Gasteiger partial charge is 0.128 e. The Balaban J connectivity index is 2.06. The molecule has 0 fully saturated rings. The maximum atomic E-state index is 10.6. The van der Waals surface area contributed by atoms with Gasteiger partial charge in [-0.1, -0.05) is 29.3 Å². The number of hydrogen-bond acceptors (Lipinski definition) is 2. The fourth-order valence-electron chi connectivity index (χ4n) is 2.36. The monoisotopic (exact) mass is 372 g/mol. The standard InChI is InChI=1S/C15H11BrCl2O2/c16-12-2-1-8(6-13(12)18)14(19)11-7-10(17)5-9-3-4-20-15(9)11/h1-2,5-7,14,19H,3-4H2. The maximum Gasteiger partial charge on any atom is 0.128 e. The first-order valence-electron chi connectivity index (χ1n) is 6.14. The molecule has 1 aliphatic rings. The molecule has 0 saturated carbocycles. The summed E-state index contributed by atoms with van der Waals surface area (Å²) in [6.07, 6.45) is 0.00243. The molecule has 0 aliphatic carbocycles. The summed E-state index contributed by atoms with van der Waals surface area (Å²) in [5.74, 6) is 0.737. The topological polar surface area (TPSA) is 29.5 Å². The SMILES string of the molecule is OC(c1ccc(Br)c(Cl)c1)c1cc(Cl)cc2c1OCC2. The molecule has 0 amide bonds. The Morgan fingerprint density at radius 2 is 2.00 bits per heavy atom. The Hall–Kier alpha value is -0.740. The molecule has 2 aromatic rings. The predicted molar refractivity (Wildman–Crippen MR) is 83.9 cm³/mol. The highest BCUT2D eigenvalue weighted by Gasteiger charge is 2.23. The maximum absolute atomic E-state index is 10.6. The van der Waals surface area contributed by atoms with Crippen LogP contribution in [-0.2, 0) is 6.42 Å². The predicted octanol–water partition coefficient (Wildman–Crippen LogP) is 4.77. The number of hydrogen-bond donors (Lipinski definition) is 1. The molecule has 20 heavy (non-hydrogen) atoms. The quantitative estimate of drug-likeness (QED) is 0.821. The zero-order valence-electron chi connectivity index (χ0n) is 10.4. The summed E-state index contributed by atoms with van der Waals surface area (Å²) < 4.78 is 6.41. The van der Waals surface area contributed by atoms with E-state index < -0.39 is 6.10 Å². The van der Waals surface area contributed by atoms with Gasteiger partial charge in [-0.2, -0.15) is 0 Å². The van der Waals surface area contributed by atoms with Crippen molar-refractivity contribution in [2.24, 2.45) is 0 Å². The minimum atomic E-state index is -0.814. The number of ether oxygens (including phenoxy) is 1. The molecule has 0 radical (unpaired) electrons. The number of aliphatic hydroxyl groups is 1. The van der Waals surface area contributed by atoms with Crippen molar-refractivity contribution >= 4 is 39.1 Å². The molecule has 1 atom stereocenters. The van der Waals surface area contributed by atoms with Crippen molar-refractivity contribution in [3.8, 4) is 5.75 Å². The third-order valence-electron chi connectivity index (χ3n) is 3.33. The van der Waals surface area contributed by atoms with Crippen molar-refractivity contribution in [2.45, 2.75) is 12.5 Å². The molecule has 104 valence electrons. The van der Waals surface area contributed by atoms with E-state index in [-0.39, 0.29) is 0 Å². The van der Waals surface area contributed by atoms with E-state index in [1.807, 2.05) is 18.2 Å². The third kappa shape index (κ3) is 2.56. The van der Waals surface area contributed by atoms with Crippen LogP contribution >= 0.6 is 39.1 Å². The van der Waals surface area contributed by atoms with Gasteiger partial charge >= 0.3 is 0 Å². The Morgan fingerprint density at radius 1 is 1.20 bits per heavy atom. The summed E-state index contributed by atoms with van der Waals surface area (Å²) >= 11 is 15.5. The lowest BCUT2D eigenvalue weighted by atomic mass is 9.98. The first kappa shape index (κ1) is 14.2. The molecule has 2 aromatic carbocycles. The van der Waals surface area contributed by atoms with Crippen LogP contribution in [0.5, 0.6) is 5.75 Å². The molecular weight excluding hydrogens is 363 g/mol. The third-order valence-corrected chi connectivity index (χ3v) is 4.78. The van der Waals surface area contributed by atoms with Crippen LogP contribution in [0.15, 0.2) is 34.8 Å². The normalized spacial score (nSPS) is 14.8. The van der Waals surface area contributed by atoms with Crippen molar-refractivity contribution in [2.75, 3.05) is 6.61 Å². The second kappa shape index (κ2) is 5.57. The summed E-state index contributed by atoms with van der Waals surface area (Å²) in [7, 11) is 0. The number of rotatable bonds is 2.